The summed E-state index contributed by atoms with van der Waals surface area (Å²) in [6, 6.07) is 9.86. The van der Waals surface area contributed by atoms with Crippen molar-refractivity contribution >= 4 is 11.9 Å². The van der Waals surface area contributed by atoms with E-state index in [-0.39, 0.29) is 32.3 Å². The Morgan fingerprint density at radius 3 is 1.65 bits per heavy atom. The zero-order valence-electron chi connectivity index (χ0n) is 13.8. The van der Waals surface area contributed by atoms with Crippen molar-refractivity contribution in [1.29, 1.82) is 0 Å². The first-order valence-electron chi connectivity index (χ1n) is 6.80. The summed E-state index contributed by atoms with van der Waals surface area (Å²) in [5.41, 5.74) is 9.40. The van der Waals surface area contributed by atoms with Crippen molar-refractivity contribution in [2.45, 2.75) is 62.0 Å². The number of aliphatic imine (C=N–C) groups is 1. The highest BCUT2D eigenvalue weighted by molar-refractivity contribution is 5.93. The number of ether oxygens (including phenoxy) is 1. The number of nitrogens with zero attached hydrogens (tertiary/aromatic N) is 1. The summed E-state index contributed by atoms with van der Waals surface area (Å²) < 4.78 is 5.60. The summed E-state index contributed by atoms with van der Waals surface area (Å²) in [4.78, 5) is 14.3. The van der Waals surface area contributed by atoms with E-state index < -0.39 is 5.41 Å². The van der Waals surface area contributed by atoms with Crippen LogP contribution in [0.25, 0.3) is 0 Å². The van der Waals surface area contributed by atoms with Gasteiger partial charge in [-0.05, 0) is 32.9 Å². The first-order chi connectivity index (χ1) is 9.42. The molecule has 23 heavy (non-hydrogen) atoms. The molecule has 1 amide bonds. The van der Waals surface area contributed by atoms with Crippen molar-refractivity contribution in [3.05, 3.63) is 30.3 Å². The second-order valence-electron chi connectivity index (χ2n) is 6.62. The maximum atomic E-state index is 10.9. The minimum absolute atomic E-state index is 0. The van der Waals surface area contributed by atoms with Crippen LogP contribution in [0.5, 0.6) is 5.75 Å². The molecule has 5 nitrogen and oxygen atoms in total. The van der Waals surface area contributed by atoms with Crippen molar-refractivity contribution in [2.75, 3.05) is 0 Å². The van der Waals surface area contributed by atoms with E-state index in [0.29, 0.717) is 0 Å². The second kappa shape index (κ2) is 10.6. The molecule has 0 bridgehead atoms. The van der Waals surface area contributed by atoms with Gasteiger partial charge in [-0.2, -0.15) is 4.99 Å². The minimum Gasteiger partial charge on any atom is -0.488 e. The van der Waals surface area contributed by atoms with Crippen LogP contribution >= 0.6 is 0 Å². The highest BCUT2D eigenvalue weighted by Gasteiger charge is 2.20. The molecule has 0 radical (unpaired) electrons. The van der Waals surface area contributed by atoms with E-state index in [1.807, 2.05) is 51.1 Å². The Kier molecular flexibility index (Phi) is 12.0. The Bertz CT molecular complexity index is 465. The van der Waals surface area contributed by atoms with Crippen LogP contribution in [0.4, 0.5) is 0 Å². The summed E-state index contributed by atoms with van der Waals surface area (Å²) in [6.07, 6.45) is 0. The van der Waals surface area contributed by atoms with Crippen molar-refractivity contribution in [3.63, 3.8) is 0 Å². The first kappa shape index (κ1) is 25.9. The number of rotatable bonds is 1. The van der Waals surface area contributed by atoms with Crippen molar-refractivity contribution in [2.24, 2.45) is 21.9 Å². The summed E-state index contributed by atoms with van der Waals surface area (Å²) in [5, 5.41) is 0. The molecule has 134 valence electrons. The number of carbonyl (C=O) groups is 1. The average molecular weight is 325 g/mol. The highest BCUT2D eigenvalue weighted by atomic mass is 16.5. The standard InChI is InChI=1S/C10H14O.C6H13N3O.2CH4/c1-10(2,3)11-9-7-5-4-6-8-9;1-6(2,3)4(10)9-5(7)8;;/h4-8H,1-3H3;1-3H3,(H4,7,8,9,10);2*1H4. The number of amides is 1. The van der Waals surface area contributed by atoms with Crippen molar-refractivity contribution in [3.8, 4) is 5.75 Å². The van der Waals surface area contributed by atoms with Crippen LogP contribution in [0, 0.1) is 5.41 Å². The third-order valence-electron chi connectivity index (χ3n) is 2.04. The molecule has 0 saturated carbocycles. The quantitative estimate of drug-likeness (QED) is 0.604. The van der Waals surface area contributed by atoms with Gasteiger partial charge in [-0.1, -0.05) is 53.8 Å². The van der Waals surface area contributed by atoms with E-state index in [2.05, 4.69) is 4.99 Å². The van der Waals surface area contributed by atoms with E-state index >= 15 is 0 Å². The Balaban J connectivity index is -0.000000322. The molecule has 0 spiro atoms. The van der Waals surface area contributed by atoms with Gasteiger partial charge >= 0.3 is 0 Å². The van der Waals surface area contributed by atoms with Crippen LogP contribution in [0.15, 0.2) is 35.3 Å². The predicted molar refractivity (Wildman–Crippen MR) is 101 cm³/mol. The monoisotopic (exact) mass is 325 g/mol. The molecule has 5 heteroatoms. The largest absolute Gasteiger partial charge is 0.488 e. The predicted octanol–water partition coefficient (Wildman–Crippen LogP) is 3.97. The molecule has 0 atom stereocenters. The highest BCUT2D eigenvalue weighted by Crippen LogP contribution is 2.16. The molecule has 4 N–H and O–H groups in total. The topological polar surface area (TPSA) is 90.7 Å². The van der Waals surface area contributed by atoms with E-state index in [0.717, 1.165) is 5.75 Å². The molecule has 0 aliphatic rings. The summed E-state index contributed by atoms with van der Waals surface area (Å²) in [6.45, 7) is 11.4. The molecule has 0 unspecified atom stereocenters. The summed E-state index contributed by atoms with van der Waals surface area (Å²) in [5.74, 6) is 0.451. The fourth-order valence-corrected chi connectivity index (χ4v) is 1.13. The molecule has 1 aromatic rings. The molecular formula is C18H35N3O2. The fourth-order valence-electron chi connectivity index (χ4n) is 1.13. The number of hydrogen-bond acceptors (Lipinski definition) is 2. The fraction of sp³-hybridized carbons (Fsp3) is 0.556. The minimum atomic E-state index is -0.496. The molecular weight excluding hydrogens is 290 g/mol. The molecule has 0 aliphatic heterocycles. The maximum absolute atomic E-state index is 10.9. The van der Waals surface area contributed by atoms with Gasteiger partial charge in [-0.3, -0.25) is 4.79 Å². The zero-order chi connectivity index (χ0) is 16.7. The third-order valence-corrected chi connectivity index (χ3v) is 2.04. The van der Waals surface area contributed by atoms with Gasteiger partial charge in [0.1, 0.15) is 11.4 Å². The molecule has 0 heterocycles. The third kappa shape index (κ3) is 14.7. The van der Waals surface area contributed by atoms with Gasteiger partial charge < -0.3 is 16.2 Å². The van der Waals surface area contributed by atoms with Gasteiger partial charge in [0.25, 0.3) is 5.91 Å². The Labute approximate surface area is 142 Å². The molecule has 0 aliphatic carbocycles. The van der Waals surface area contributed by atoms with Crippen LogP contribution in [-0.2, 0) is 4.79 Å². The lowest BCUT2D eigenvalue weighted by atomic mass is 9.96. The molecule has 1 rings (SSSR count). The van der Waals surface area contributed by atoms with Crippen molar-refractivity contribution in [1.82, 2.24) is 0 Å². The first-order valence-corrected chi connectivity index (χ1v) is 6.80. The smallest absolute Gasteiger partial charge is 0.254 e. The van der Waals surface area contributed by atoms with E-state index in [1.54, 1.807) is 20.8 Å². The average Bonchev–Trinajstić information content (AvgIpc) is 2.26. The Morgan fingerprint density at radius 1 is 0.957 bits per heavy atom. The van der Waals surface area contributed by atoms with Crippen LogP contribution in [-0.4, -0.2) is 17.5 Å². The van der Waals surface area contributed by atoms with Gasteiger partial charge in [0.2, 0.25) is 0 Å². The van der Waals surface area contributed by atoms with Gasteiger partial charge in [-0.25, -0.2) is 0 Å². The van der Waals surface area contributed by atoms with Gasteiger partial charge in [0.15, 0.2) is 5.96 Å². The number of hydrogen-bond donors (Lipinski definition) is 2. The molecule has 0 aromatic heterocycles. The lowest BCUT2D eigenvalue weighted by molar-refractivity contribution is -0.124. The number of guanidine groups is 1. The lowest BCUT2D eigenvalue weighted by Gasteiger charge is -2.20. The number of nitrogens with two attached hydrogens (primary N) is 2. The van der Waals surface area contributed by atoms with E-state index in [9.17, 15) is 4.79 Å². The number of para-hydroxylation sites is 1. The van der Waals surface area contributed by atoms with Gasteiger partial charge in [0, 0.05) is 5.41 Å². The maximum Gasteiger partial charge on any atom is 0.254 e. The van der Waals surface area contributed by atoms with Gasteiger partial charge in [0.05, 0.1) is 0 Å². The Morgan fingerprint density at radius 2 is 1.39 bits per heavy atom. The van der Waals surface area contributed by atoms with Crippen LogP contribution in [0.1, 0.15) is 56.4 Å². The molecule has 0 saturated heterocycles. The number of carbonyl (C=O) groups excluding carboxylic acids is 1. The van der Waals surface area contributed by atoms with E-state index in [4.69, 9.17) is 16.2 Å². The van der Waals surface area contributed by atoms with Crippen molar-refractivity contribution < 1.29 is 9.53 Å². The summed E-state index contributed by atoms with van der Waals surface area (Å²) in [7, 11) is 0. The van der Waals surface area contributed by atoms with Crippen LogP contribution in [0.2, 0.25) is 0 Å². The number of benzene rings is 1. The van der Waals surface area contributed by atoms with Crippen LogP contribution in [0.3, 0.4) is 0 Å². The second-order valence-corrected chi connectivity index (χ2v) is 6.62. The van der Waals surface area contributed by atoms with Gasteiger partial charge in [-0.15, -0.1) is 0 Å². The van der Waals surface area contributed by atoms with Crippen LogP contribution < -0.4 is 16.2 Å². The van der Waals surface area contributed by atoms with E-state index in [1.165, 1.54) is 0 Å². The lowest BCUT2D eigenvalue weighted by Crippen LogP contribution is -2.28. The zero-order valence-corrected chi connectivity index (χ0v) is 13.8. The SMILES string of the molecule is C.C.CC(C)(C)C(=O)N=C(N)N.CC(C)(C)Oc1ccccc1. The summed E-state index contributed by atoms with van der Waals surface area (Å²) >= 11 is 0. The molecule has 1 aromatic carbocycles. The Hall–Kier alpha value is -2.04. The normalized spacial score (nSPS) is 10.0. The molecule has 0 fully saturated rings.